The molecule has 2 aromatic carbocycles. The predicted molar refractivity (Wildman–Crippen MR) is 119 cm³/mol. The summed E-state index contributed by atoms with van der Waals surface area (Å²) >= 11 is 0. The van der Waals surface area contributed by atoms with Gasteiger partial charge in [-0.1, -0.05) is 30.3 Å². The molecule has 154 valence electrons. The summed E-state index contributed by atoms with van der Waals surface area (Å²) in [5.41, 5.74) is 3.04. The lowest BCUT2D eigenvalue weighted by Gasteiger charge is -2.20. The maximum Gasteiger partial charge on any atom is 0.253 e. The van der Waals surface area contributed by atoms with E-state index in [4.69, 9.17) is 4.99 Å². The lowest BCUT2D eigenvalue weighted by Crippen LogP contribution is -2.44. The Kier molecular flexibility index (Phi) is 7.11. The summed E-state index contributed by atoms with van der Waals surface area (Å²) in [6, 6.07) is 18.6. The number of nitrogens with zero attached hydrogens (tertiary/aromatic N) is 3. The molecule has 0 aliphatic carbocycles. The summed E-state index contributed by atoms with van der Waals surface area (Å²) in [5.74, 6) is 0.847. The fourth-order valence-electron chi connectivity index (χ4n) is 3.45. The maximum atomic E-state index is 12.0. The number of carbonyl (C=O) groups is 1. The molecule has 0 saturated carbocycles. The number of para-hydroxylation sites is 1. The van der Waals surface area contributed by atoms with Crippen LogP contribution in [0.2, 0.25) is 0 Å². The SMILES string of the molecule is CCNC(=NCc1ccc(C(=O)N(C)C)cc1)NC1CCN(c2ccccc2)C1. The molecule has 6 nitrogen and oxygen atoms in total. The zero-order chi connectivity index (χ0) is 20.6. The van der Waals surface area contributed by atoms with Crippen molar-refractivity contribution in [2.75, 3.05) is 38.6 Å². The van der Waals surface area contributed by atoms with Gasteiger partial charge in [0.25, 0.3) is 5.91 Å². The molecule has 0 bridgehead atoms. The van der Waals surface area contributed by atoms with E-state index in [-0.39, 0.29) is 5.91 Å². The monoisotopic (exact) mass is 393 g/mol. The Bertz CT molecular complexity index is 817. The molecular weight excluding hydrogens is 362 g/mol. The fraction of sp³-hybridized carbons (Fsp3) is 0.391. The first-order valence-corrected chi connectivity index (χ1v) is 10.2. The highest BCUT2D eigenvalue weighted by molar-refractivity contribution is 5.93. The number of hydrogen-bond acceptors (Lipinski definition) is 3. The van der Waals surface area contributed by atoms with Crippen molar-refractivity contribution < 1.29 is 4.79 Å². The van der Waals surface area contributed by atoms with Crippen molar-refractivity contribution in [3.63, 3.8) is 0 Å². The molecular formula is C23H31N5O. The minimum Gasteiger partial charge on any atom is -0.369 e. The first-order valence-electron chi connectivity index (χ1n) is 10.2. The highest BCUT2D eigenvalue weighted by atomic mass is 16.2. The van der Waals surface area contributed by atoms with Crippen molar-refractivity contribution in [1.82, 2.24) is 15.5 Å². The van der Waals surface area contributed by atoms with Gasteiger partial charge in [-0.25, -0.2) is 4.99 Å². The third kappa shape index (κ3) is 5.73. The number of anilines is 1. The molecule has 1 unspecified atom stereocenters. The average Bonchev–Trinajstić information content (AvgIpc) is 3.21. The van der Waals surface area contributed by atoms with Gasteiger partial charge in [-0.15, -0.1) is 0 Å². The van der Waals surface area contributed by atoms with Crippen LogP contribution in [-0.2, 0) is 6.54 Å². The van der Waals surface area contributed by atoms with Crippen LogP contribution >= 0.6 is 0 Å². The number of nitrogens with one attached hydrogen (secondary N) is 2. The van der Waals surface area contributed by atoms with Crippen molar-refractivity contribution in [3.8, 4) is 0 Å². The summed E-state index contributed by atoms with van der Waals surface area (Å²) in [6.45, 7) is 5.47. The van der Waals surface area contributed by atoms with E-state index in [0.717, 1.165) is 37.6 Å². The Labute approximate surface area is 173 Å². The predicted octanol–water partition coefficient (Wildman–Crippen LogP) is 2.72. The van der Waals surface area contributed by atoms with Crippen LogP contribution in [0.3, 0.4) is 0 Å². The summed E-state index contributed by atoms with van der Waals surface area (Å²) in [4.78, 5) is 20.7. The number of guanidine groups is 1. The first kappa shape index (κ1) is 20.7. The van der Waals surface area contributed by atoms with Crippen LogP contribution in [0.4, 0.5) is 5.69 Å². The summed E-state index contributed by atoms with van der Waals surface area (Å²) in [7, 11) is 3.52. The molecule has 3 rings (SSSR count). The third-order valence-electron chi connectivity index (χ3n) is 5.02. The van der Waals surface area contributed by atoms with E-state index < -0.39 is 0 Å². The molecule has 0 spiro atoms. The van der Waals surface area contributed by atoms with Gasteiger partial charge in [0.05, 0.1) is 6.54 Å². The zero-order valence-corrected chi connectivity index (χ0v) is 17.6. The third-order valence-corrected chi connectivity index (χ3v) is 5.02. The molecule has 6 heteroatoms. The van der Waals surface area contributed by atoms with Crippen LogP contribution in [-0.4, -0.2) is 56.5 Å². The average molecular weight is 394 g/mol. The molecule has 1 heterocycles. The second-order valence-corrected chi connectivity index (χ2v) is 7.50. The van der Waals surface area contributed by atoms with Crippen molar-refractivity contribution in [3.05, 3.63) is 65.7 Å². The van der Waals surface area contributed by atoms with E-state index in [0.29, 0.717) is 18.2 Å². The molecule has 1 amide bonds. The number of benzene rings is 2. The molecule has 29 heavy (non-hydrogen) atoms. The van der Waals surface area contributed by atoms with Gasteiger partial charge in [-0.2, -0.15) is 0 Å². The molecule has 0 radical (unpaired) electrons. The van der Waals surface area contributed by atoms with Crippen LogP contribution in [0.1, 0.15) is 29.3 Å². The maximum absolute atomic E-state index is 12.0. The molecule has 1 aliphatic rings. The molecule has 2 aromatic rings. The van der Waals surface area contributed by atoms with Crippen molar-refractivity contribution in [2.24, 2.45) is 4.99 Å². The zero-order valence-electron chi connectivity index (χ0n) is 17.6. The Morgan fingerprint density at radius 2 is 1.86 bits per heavy atom. The van der Waals surface area contributed by atoms with E-state index in [2.05, 4.69) is 46.7 Å². The topological polar surface area (TPSA) is 60.0 Å². The quantitative estimate of drug-likeness (QED) is 0.585. The van der Waals surface area contributed by atoms with Gasteiger partial charge in [0.2, 0.25) is 0 Å². The normalized spacial score (nSPS) is 16.6. The Morgan fingerprint density at radius 1 is 1.14 bits per heavy atom. The van der Waals surface area contributed by atoms with Crippen LogP contribution in [0, 0.1) is 0 Å². The standard InChI is InChI=1S/C23H31N5O/c1-4-24-23(25-16-18-10-12-19(13-11-18)22(29)27(2)3)26-20-14-15-28(17-20)21-8-6-5-7-9-21/h5-13,20H,4,14-17H2,1-3H3,(H2,24,25,26). The second kappa shape index (κ2) is 9.96. The first-order chi connectivity index (χ1) is 14.1. The lowest BCUT2D eigenvalue weighted by molar-refractivity contribution is 0.0827. The van der Waals surface area contributed by atoms with Gasteiger partial charge in [0, 0.05) is 51.0 Å². The highest BCUT2D eigenvalue weighted by Gasteiger charge is 2.23. The number of aliphatic imine (C=N–C) groups is 1. The van der Waals surface area contributed by atoms with Crippen molar-refractivity contribution in [2.45, 2.75) is 25.9 Å². The van der Waals surface area contributed by atoms with Crippen LogP contribution in [0.15, 0.2) is 59.6 Å². The van der Waals surface area contributed by atoms with Crippen molar-refractivity contribution in [1.29, 1.82) is 0 Å². The van der Waals surface area contributed by atoms with Gasteiger partial charge in [-0.3, -0.25) is 4.79 Å². The van der Waals surface area contributed by atoms with Gasteiger partial charge in [-0.05, 0) is 43.2 Å². The van der Waals surface area contributed by atoms with Gasteiger partial charge in [0.1, 0.15) is 0 Å². The number of rotatable bonds is 6. The Balaban J connectivity index is 1.58. The van der Waals surface area contributed by atoms with Crippen molar-refractivity contribution >= 4 is 17.6 Å². The summed E-state index contributed by atoms with van der Waals surface area (Å²) < 4.78 is 0. The molecule has 1 fully saturated rings. The van der Waals surface area contributed by atoms with Crippen LogP contribution in [0.25, 0.3) is 0 Å². The van der Waals surface area contributed by atoms with E-state index in [1.54, 1.807) is 19.0 Å². The van der Waals surface area contributed by atoms with Crippen LogP contribution < -0.4 is 15.5 Å². The molecule has 1 aliphatic heterocycles. The number of hydrogen-bond donors (Lipinski definition) is 2. The fourth-order valence-corrected chi connectivity index (χ4v) is 3.45. The minimum absolute atomic E-state index is 0.0132. The van der Waals surface area contributed by atoms with Gasteiger partial charge in [0.15, 0.2) is 5.96 Å². The number of amides is 1. The van der Waals surface area contributed by atoms with E-state index in [1.165, 1.54) is 5.69 Å². The van der Waals surface area contributed by atoms with E-state index >= 15 is 0 Å². The summed E-state index contributed by atoms with van der Waals surface area (Å²) in [6.07, 6.45) is 1.08. The minimum atomic E-state index is 0.0132. The van der Waals surface area contributed by atoms with E-state index in [9.17, 15) is 4.79 Å². The Morgan fingerprint density at radius 3 is 2.52 bits per heavy atom. The molecule has 2 N–H and O–H groups in total. The number of carbonyl (C=O) groups excluding carboxylic acids is 1. The van der Waals surface area contributed by atoms with Crippen LogP contribution in [0.5, 0.6) is 0 Å². The van der Waals surface area contributed by atoms with Gasteiger partial charge >= 0.3 is 0 Å². The largest absolute Gasteiger partial charge is 0.369 e. The Hall–Kier alpha value is -3.02. The van der Waals surface area contributed by atoms with E-state index in [1.807, 2.05) is 30.3 Å². The molecule has 1 atom stereocenters. The lowest BCUT2D eigenvalue weighted by atomic mass is 10.1. The second-order valence-electron chi connectivity index (χ2n) is 7.50. The van der Waals surface area contributed by atoms with Gasteiger partial charge < -0.3 is 20.4 Å². The smallest absolute Gasteiger partial charge is 0.253 e. The highest BCUT2D eigenvalue weighted by Crippen LogP contribution is 2.19. The molecule has 1 saturated heterocycles. The summed E-state index contributed by atoms with van der Waals surface area (Å²) in [5, 5.41) is 6.91. The molecule has 0 aromatic heterocycles.